The topological polar surface area (TPSA) is 37.5 Å². The molecule has 0 aliphatic heterocycles. The van der Waals surface area contributed by atoms with Crippen LogP contribution in [-0.4, -0.2) is 21.4 Å². The second-order valence-electron chi connectivity index (χ2n) is 6.98. The van der Waals surface area contributed by atoms with Gasteiger partial charge in [0, 0.05) is 23.9 Å². The average molecular weight is 316 g/mol. The van der Waals surface area contributed by atoms with Crippen LogP contribution in [-0.2, 0) is 13.5 Å². The summed E-state index contributed by atoms with van der Waals surface area (Å²) in [4.78, 5) is 5.10. The van der Waals surface area contributed by atoms with Gasteiger partial charge in [-0.05, 0) is 48.6 Å². The van der Waals surface area contributed by atoms with Crippen LogP contribution < -0.4 is 0 Å². The SMILES string of the molecule is Cn1c2c(c3cc(O)ccc31)CCC2=NC1CC1c1ccccc1. The number of aliphatic imine (C=N–C) groups is 1. The van der Waals surface area contributed by atoms with Crippen molar-refractivity contribution in [2.75, 3.05) is 0 Å². The van der Waals surface area contributed by atoms with E-state index in [1.807, 2.05) is 12.1 Å². The summed E-state index contributed by atoms with van der Waals surface area (Å²) in [6.45, 7) is 0. The number of phenolic OH excluding ortho intramolecular Hbond substituents is 1. The Morgan fingerprint density at radius 1 is 1.08 bits per heavy atom. The quantitative estimate of drug-likeness (QED) is 0.757. The van der Waals surface area contributed by atoms with Gasteiger partial charge in [-0.2, -0.15) is 0 Å². The summed E-state index contributed by atoms with van der Waals surface area (Å²) in [6, 6.07) is 16.8. The molecule has 2 atom stereocenters. The minimum atomic E-state index is 0.340. The Kier molecular flexibility index (Phi) is 2.87. The number of aromatic hydroxyl groups is 1. The van der Waals surface area contributed by atoms with Crippen LogP contribution in [0.3, 0.4) is 0 Å². The van der Waals surface area contributed by atoms with E-state index in [4.69, 9.17) is 4.99 Å². The van der Waals surface area contributed by atoms with Crippen LogP contribution >= 0.6 is 0 Å². The first kappa shape index (κ1) is 13.8. The zero-order chi connectivity index (χ0) is 16.3. The molecule has 0 amide bonds. The van der Waals surface area contributed by atoms with Crippen molar-refractivity contribution in [3.8, 4) is 5.75 Å². The second-order valence-corrected chi connectivity index (χ2v) is 6.98. The van der Waals surface area contributed by atoms with E-state index in [1.54, 1.807) is 6.07 Å². The van der Waals surface area contributed by atoms with Crippen LogP contribution in [0.25, 0.3) is 10.9 Å². The predicted molar refractivity (Wildman–Crippen MR) is 97.0 cm³/mol. The van der Waals surface area contributed by atoms with Crippen molar-refractivity contribution >= 4 is 16.6 Å². The Bertz CT molecular complexity index is 968. The van der Waals surface area contributed by atoms with Gasteiger partial charge < -0.3 is 9.67 Å². The minimum Gasteiger partial charge on any atom is -0.508 e. The summed E-state index contributed by atoms with van der Waals surface area (Å²) in [6.07, 6.45) is 3.20. The number of rotatable bonds is 2. The van der Waals surface area contributed by atoms with E-state index < -0.39 is 0 Å². The van der Waals surface area contributed by atoms with Crippen LogP contribution in [0.2, 0.25) is 0 Å². The van der Waals surface area contributed by atoms with Gasteiger partial charge in [0.15, 0.2) is 0 Å². The maximum atomic E-state index is 9.81. The molecule has 0 bridgehead atoms. The molecule has 2 aliphatic rings. The highest BCUT2D eigenvalue weighted by atomic mass is 16.3. The maximum Gasteiger partial charge on any atom is 0.116 e. The number of phenols is 1. The van der Waals surface area contributed by atoms with Gasteiger partial charge in [-0.3, -0.25) is 4.99 Å². The van der Waals surface area contributed by atoms with Crippen molar-refractivity contribution in [2.24, 2.45) is 12.0 Å². The van der Waals surface area contributed by atoms with E-state index in [9.17, 15) is 5.11 Å². The van der Waals surface area contributed by atoms with Crippen LogP contribution in [0.1, 0.15) is 35.6 Å². The maximum absolute atomic E-state index is 9.81. The summed E-state index contributed by atoms with van der Waals surface area (Å²) in [5.41, 5.74) is 6.45. The molecule has 2 aliphatic carbocycles. The van der Waals surface area contributed by atoms with Gasteiger partial charge >= 0.3 is 0 Å². The Labute approximate surface area is 141 Å². The summed E-state index contributed by atoms with van der Waals surface area (Å²) < 4.78 is 2.25. The molecule has 0 spiro atoms. The third-order valence-corrected chi connectivity index (χ3v) is 5.48. The van der Waals surface area contributed by atoms with Gasteiger partial charge in [0.25, 0.3) is 0 Å². The molecule has 1 aromatic heterocycles. The fourth-order valence-corrected chi connectivity index (χ4v) is 4.20. The number of hydrogen-bond donors (Lipinski definition) is 1. The van der Waals surface area contributed by atoms with Gasteiger partial charge in [-0.15, -0.1) is 0 Å². The number of nitrogens with zero attached hydrogens (tertiary/aromatic N) is 2. The molecule has 24 heavy (non-hydrogen) atoms. The Hall–Kier alpha value is -2.55. The summed E-state index contributed by atoms with van der Waals surface area (Å²) >= 11 is 0. The monoisotopic (exact) mass is 316 g/mol. The molecule has 120 valence electrons. The van der Waals surface area contributed by atoms with Gasteiger partial charge in [-0.1, -0.05) is 30.3 Å². The smallest absolute Gasteiger partial charge is 0.116 e. The van der Waals surface area contributed by atoms with Crippen LogP contribution in [0, 0.1) is 0 Å². The number of benzene rings is 2. The lowest BCUT2D eigenvalue weighted by Gasteiger charge is -2.04. The third-order valence-electron chi connectivity index (χ3n) is 5.48. The van der Waals surface area contributed by atoms with Crippen molar-refractivity contribution in [2.45, 2.75) is 31.2 Å². The van der Waals surface area contributed by atoms with E-state index in [2.05, 4.69) is 41.9 Å². The van der Waals surface area contributed by atoms with Crippen LogP contribution in [0.15, 0.2) is 53.5 Å². The first-order valence-electron chi connectivity index (χ1n) is 8.64. The van der Waals surface area contributed by atoms with Crippen molar-refractivity contribution in [3.63, 3.8) is 0 Å². The van der Waals surface area contributed by atoms with E-state index in [0.717, 1.165) is 19.3 Å². The van der Waals surface area contributed by atoms with Crippen molar-refractivity contribution in [3.05, 3.63) is 65.4 Å². The molecular weight excluding hydrogens is 296 g/mol. The fourth-order valence-electron chi connectivity index (χ4n) is 4.20. The van der Waals surface area contributed by atoms with E-state index in [1.165, 1.54) is 33.4 Å². The lowest BCUT2D eigenvalue weighted by molar-refractivity contribution is 0.476. The van der Waals surface area contributed by atoms with Gasteiger partial charge in [-0.25, -0.2) is 0 Å². The van der Waals surface area contributed by atoms with E-state index >= 15 is 0 Å². The molecule has 5 rings (SSSR count). The highest BCUT2D eigenvalue weighted by Gasteiger charge is 2.39. The normalized spacial score (nSPS) is 23.8. The molecule has 1 heterocycles. The van der Waals surface area contributed by atoms with Gasteiger partial charge in [0.1, 0.15) is 5.75 Å². The molecule has 2 aromatic carbocycles. The summed E-state index contributed by atoms with van der Waals surface area (Å²) in [7, 11) is 2.11. The molecule has 0 saturated heterocycles. The van der Waals surface area contributed by atoms with Gasteiger partial charge in [0.2, 0.25) is 0 Å². The minimum absolute atomic E-state index is 0.340. The number of fused-ring (bicyclic) bond motifs is 3. The number of aryl methyl sites for hydroxylation is 2. The molecule has 3 aromatic rings. The second kappa shape index (κ2) is 4.97. The summed E-state index contributed by atoms with van der Waals surface area (Å²) in [5, 5.41) is 11.0. The van der Waals surface area contributed by atoms with Crippen molar-refractivity contribution < 1.29 is 5.11 Å². The van der Waals surface area contributed by atoms with Crippen molar-refractivity contribution in [1.82, 2.24) is 4.57 Å². The lowest BCUT2D eigenvalue weighted by Crippen LogP contribution is -2.04. The Morgan fingerprint density at radius 2 is 1.92 bits per heavy atom. The molecule has 3 heteroatoms. The molecule has 1 saturated carbocycles. The molecule has 1 N–H and O–H groups in total. The standard InChI is InChI=1S/C21H20N2O/c1-23-20-10-7-14(24)11-17(20)15-8-9-18(21(15)23)22-19-12-16(19)13-5-3-2-4-6-13/h2-7,10-11,16,19,24H,8-9,12H2,1H3. The van der Waals surface area contributed by atoms with Gasteiger partial charge in [0.05, 0.1) is 17.4 Å². The molecule has 1 fully saturated rings. The number of hydrogen-bond acceptors (Lipinski definition) is 2. The first-order valence-corrected chi connectivity index (χ1v) is 8.64. The fraction of sp³-hybridized carbons (Fsp3) is 0.286. The molecule has 3 nitrogen and oxygen atoms in total. The third kappa shape index (κ3) is 2.01. The zero-order valence-electron chi connectivity index (χ0n) is 13.7. The largest absolute Gasteiger partial charge is 0.508 e. The first-order chi connectivity index (χ1) is 11.7. The predicted octanol–water partition coefficient (Wildman–Crippen LogP) is 4.18. The highest BCUT2D eigenvalue weighted by Crippen LogP contribution is 2.45. The Balaban J connectivity index is 1.52. The molecule has 0 radical (unpaired) electrons. The number of aromatic nitrogens is 1. The zero-order valence-corrected chi connectivity index (χ0v) is 13.7. The molecular formula is C21H20N2O. The Morgan fingerprint density at radius 3 is 2.75 bits per heavy atom. The summed E-state index contributed by atoms with van der Waals surface area (Å²) in [5.74, 6) is 0.925. The average Bonchev–Trinajstić information content (AvgIpc) is 3.15. The van der Waals surface area contributed by atoms with E-state index in [-0.39, 0.29) is 0 Å². The van der Waals surface area contributed by atoms with Crippen LogP contribution in [0.5, 0.6) is 5.75 Å². The van der Waals surface area contributed by atoms with Crippen LogP contribution in [0.4, 0.5) is 0 Å². The highest BCUT2D eigenvalue weighted by molar-refractivity contribution is 6.09. The molecule has 2 unspecified atom stereocenters. The van der Waals surface area contributed by atoms with E-state index in [0.29, 0.717) is 17.7 Å². The lowest BCUT2D eigenvalue weighted by atomic mass is 10.1. The van der Waals surface area contributed by atoms with Crippen molar-refractivity contribution in [1.29, 1.82) is 0 Å².